The lowest BCUT2D eigenvalue weighted by molar-refractivity contribution is -0.149. The van der Waals surface area contributed by atoms with Gasteiger partial charge in [-0.1, -0.05) is 53.7 Å². The fourth-order valence-corrected chi connectivity index (χ4v) is 6.02. The number of pyridine rings is 1. The third-order valence-electron chi connectivity index (χ3n) is 6.67. The molecule has 240 valence electrons. The maximum Gasteiger partial charge on any atom is 0.459 e. The van der Waals surface area contributed by atoms with Crippen molar-refractivity contribution < 1.29 is 27.9 Å². The lowest BCUT2D eigenvalue weighted by Crippen LogP contribution is -2.36. The number of hydrogen-bond donors (Lipinski definition) is 4. The molecule has 2 aromatic carbocycles. The summed E-state index contributed by atoms with van der Waals surface area (Å²) in [7, 11) is -4.21. The van der Waals surface area contributed by atoms with Gasteiger partial charge in [0.2, 0.25) is 5.43 Å². The molecule has 3 rings (SSSR count). The topological polar surface area (TPSA) is 162 Å². The van der Waals surface area contributed by atoms with E-state index in [1.165, 1.54) is 13.1 Å². The number of rotatable bonds is 11. The van der Waals surface area contributed by atoms with Crippen LogP contribution in [0.15, 0.2) is 47.4 Å². The molecule has 3 aromatic rings. The molecule has 0 bridgehead atoms. The summed E-state index contributed by atoms with van der Waals surface area (Å²) in [6.07, 6.45) is 1.00. The minimum atomic E-state index is -4.21. The lowest BCUT2D eigenvalue weighted by Gasteiger charge is -2.31. The van der Waals surface area contributed by atoms with Crippen molar-refractivity contribution in [1.82, 2.24) is 10.1 Å². The second-order valence-electron chi connectivity index (χ2n) is 13.0. The predicted octanol–water partition coefficient (Wildman–Crippen LogP) is 5.77. The monoisotopic (exact) mass is 628 g/mol. The molecule has 2 atom stereocenters. The molecule has 0 spiro atoms. The van der Waals surface area contributed by atoms with E-state index in [1.807, 2.05) is 47.6 Å². The van der Waals surface area contributed by atoms with Gasteiger partial charge in [0.25, 0.3) is 5.91 Å². The van der Waals surface area contributed by atoms with E-state index in [0.29, 0.717) is 22.2 Å². The molecule has 1 heterocycles. The van der Waals surface area contributed by atoms with Crippen LogP contribution in [0.2, 0.25) is 0 Å². The third-order valence-corrected chi connectivity index (χ3v) is 8.33. The summed E-state index contributed by atoms with van der Waals surface area (Å²) in [5, 5.41) is 5.93. The lowest BCUT2D eigenvalue weighted by atomic mass is 9.79. The zero-order valence-electron chi connectivity index (χ0n) is 27.0. The second kappa shape index (κ2) is 13.6. The number of aromatic nitrogens is 1. The Balaban J connectivity index is 2.13. The van der Waals surface area contributed by atoms with Crippen molar-refractivity contribution in [3.63, 3.8) is 0 Å². The van der Waals surface area contributed by atoms with Crippen molar-refractivity contribution in [2.45, 2.75) is 85.3 Å². The van der Waals surface area contributed by atoms with Crippen molar-refractivity contribution >= 4 is 36.2 Å². The van der Waals surface area contributed by atoms with Crippen molar-refractivity contribution in [3.05, 3.63) is 69.5 Å². The Morgan fingerprint density at radius 3 is 2.23 bits per heavy atom. The highest BCUT2D eigenvalue weighted by molar-refractivity contribution is 7.52. The largest absolute Gasteiger partial charge is 0.462 e. The maximum atomic E-state index is 14.1. The molecule has 0 saturated carbocycles. The number of aromatic amines is 1. The average molecular weight is 629 g/mol. The van der Waals surface area contributed by atoms with Crippen LogP contribution in [0.5, 0.6) is 5.75 Å². The molecule has 5 N–H and O–H groups in total. The van der Waals surface area contributed by atoms with E-state index in [0.717, 1.165) is 5.56 Å². The van der Waals surface area contributed by atoms with Gasteiger partial charge in [-0.2, -0.15) is 5.09 Å². The van der Waals surface area contributed by atoms with E-state index in [4.69, 9.17) is 19.5 Å². The van der Waals surface area contributed by atoms with Gasteiger partial charge in [-0.05, 0) is 55.4 Å². The van der Waals surface area contributed by atoms with Gasteiger partial charge in [-0.3, -0.25) is 18.9 Å². The van der Waals surface area contributed by atoms with Crippen LogP contribution in [0.4, 0.5) is 5.69 Å². The fourth-order valence-electron chi connectivity index (χ4n) is 4.51. The normalized spacial score (nSPS) is 14.2. The van der Waals surface area contributed by atoms with Crippen LogP contribution < -0.4 is 26.1 Å². The van der Waals surface area contributed by atoms with Crippen LogP contribution >= 0.6 is 7.75 Å². The molecule has 12 heteroatoms. The number of esters is 1. The summed E-state index contributed by atoms with van der Waals surface area (Å²) in [5.74, 6) is -1.10. The molecule has 1 unspecified atom stereocenters. The summed E-state index contributed by atoms with van der Waals surface area (Å²) >= 11 is 0. The van der Waals surface area contributed by atoms with Crippen LogP contribution in [0.3, 0.4) is 0 Å². The van der Waals surface area contributed by atoms with Crippen LogP contribution in [0, 0.1) is 0 Å². The Hall–Kier alpha value is -3.50. The molecule has 0 aliphatic heterocycles. The van der Waals surface area contributed by atoms with Gasteiger partial charge in [-0.25, -0.2) is 4.57 Å². The van der Waals surface area contributed by atoms with E-state index in [2.05, 4.69) is 15.4 Å². The van der Waals surface area contributed by atoms with Gasteiger partial charge >= 0.3 is 13.7 Å². The van der Waals surface area contributed by atoms with E-state index < -0.39 is 41.9 Å². The number of fused-ring (bicyclic) bond motifs is 1. The standard InChI is InChI=1S/C32H45N4O7P/c1-19(2)42-30(39)20(3)36-44(40,41-15-14-33)43-27-17-26(23(31(4,5)6)16-24(27)32(7,8)9)35-29(38)22-18-34-25-13-11-10-12-21(25)28(22)37/h10-13,16-20H,14-15,33H2,1-9H3,(H,34,37)(H,35,38)(H,36,40)/t20-,44?/m0/s1. The first-order valence-electron chi connectivity index (χ1n) is 14.6. The molecule has 11 nitrogen and oxygen atoms in total. The van der Waals surface area contributed by atoms with Gasteiger partial charge in [0, 0.05) is 41.0 Å². The zero-order valence-corrected chi connectivity index (χ0v) is 27.9. The summed E-state index contributed by atoms with van der Waals surface area (Å²) in [4.78, 5) is 42.3. The second-order valence-corrected chi connectivity index (χ2v) is 14.7. The minimum Gasteiger partial charge on any atom is -0.462 e. The van der Waals surface area contributed by atoms with Gasteiger partial charge in [-0.15, -0.1) is 0 Å². The number of anilines is 1. The van der Waals surface area contributed by atoms with Crippen molar-refractivity contribution in [2.24, 2.45) is 5.73 Å². The summed E-state index contributed by atoms with van der Waals surface area (Å²) in [6.45, 7) is 16.7. The smallest absolute Gasteiger partial charge is 0.459 e. The Morgan fingerprint density at radius 2 is 1.64 bits per heavy atom. The van der Waals surface area contributed by atoms with Gasteiger partial charge in [0.1, 0.15) is 17.4 Å². The molecule has 1 aromatic heterocycles. The number of carbonyl (C=O) groups excluding carboxylic acids is 2. The van der Waals surface area contributed by atoms with Crippen molar-refractivity contribution in [1.29, 1.82) is 0 Å². The predicted molar refractivity (Wildman–Crippen MR) is 173 cm³/mol. The average Bonchev–Trinajstić information content (AvgIpc) is 2.90. The first-order valence-corrected chi connectivity index (χ1v) is 16.1. The number of amides is 1. The highest BCUT2D eigenvalue weighted by atomic mass is 31.2. The summed E-state index contributed by atoms with van der Waals surface area (Å²) < 4.78 is 31.0. The maximum absolute atomic E-state index is 14.1. The molecule has 0 radical (unpaired) electrons. The van der Waals surface area contributed by atoms with Crippen molar-refractivity contribution in [3.8, 4) is 5.75 Å². The van der Waals surface area contributed by atoms with Crippen LogP contribution in [0.25, 0.3) is 10.9 Å². The molecule has 0 saturated heterocycles. The number of H-pyrrole nitrogens is 1. The van der Waals surface area contributed by atoms with E-state index in [-0.39, 0.29) is 30.6 Å². The highest BCUT2D eigenvalue weighted by Gasteiger charge is 2.35. The number of benzene rings is 2. The number of nitrogens with one attached hydrogen (secondary N) is 3. The van der Waals surface area contributed by atoms with E-state index >= 15 is 0 Å². The molecule has 0 aliphatic rings. The van der Waals surface area contributed by atoms with Crippen molar-refractivity contribution in [2.75, 3.05) is 18.5 Å². The Kier molecular flexibility index (Phi) is 10.9. The molecule has 1 amide bonds. The van der Waals surface area contributed by atoms with E-state index in [1.54, 1.807) is 44.2 Å². The van der Waals surface area contributed by atoms with Gasteiger partial charge < -0.3 is 25.3 Å². The third kappa shape index (κ3) is 8.57. The zero-order chi connectivity index (χ0) is 33.0. The molecule has 0 aliphatic carbocycles. The number of hydrogen-bond acceptors (Lipinski definition) is 8. The first kappa shape index (κ1) is 35.0. The van der Waals surface area contributed by atoms with E-state index in [9.17, 15) is 18.9 Å². The van der Waals surface area contributed by atoms with Gasteiger partial charge in [0.05, 0.1) is 12.7 Å². The Morgan fingerprint density at radius 1 is 1.00 bits per heavy atom. The number of para-hydroxylation sites is 1. The minimum absolute atomic E-state index is 0.0521. The molecular formula is C32H45N4O7P. The number of nitrogens with two attached hydrogens (primary N) is 1. The fraction of sp³-hybridized carbons (Fsp3) is 0.469. The highest BCUT2D eigenvalue weighted by Crippen LogP contribution is 2.49. The quantitative estimate of drug-likeness (QED) is 0.153. The SMILES string of the molecule is CC(C)OC(=O)[C@H](C)NP(=O)(OCCN)Oc1cc(NC(=O)c2c[nH]c3ccccc3c2=O)c(C(C)(C)C)cc1C(C)(C)C. The first-order chi connectivity index (χ1) is 20.4. The summed E-state index contributed by atoms with van der Waals surface area (Å²) in [6, 6.07) is 9.36. The number of carbonyl (C=O) groups is 2. The van der Waals surface area contributed by atoms with Crippen LogP contribution in [0.1, 0.15) is 83.8 Å². The summed E-state index contributed by atoms with van der Waals surface area (Å²) in [5.41, 5.74) is 6.61. The van der Waals surface area contributed by atoms with Gasteiger partial charge in [0.15, 0.2) is 0 Å². The molecular weight excluding hydrogens is 583 g/mol. The Labute approximate surface area is 258 Å². The van der Waals surface area contributed by atoms with Crippen LogP contribution in [-0.4, -0.2) is 42.2 Å². The Bertz CT molecular complexity index is 1620. The molecule has 0 fully saturated rings. The van der Waals surface area contributed by atoms with Crippen LogP contribution in [-0.2, 0) is 29.5 Å². The molecule has 44 heavy (non-hydrogen) atoms. The number of ether oxygens (including phenoxy) is 1.